The Kier molecular flexibility index (Phi) is 9.32. The van der Waals surface area contributed by atoms with Crippen LogP contribution in [-0.4, -0.2) is 70.7 Å². The van der Waals surface area contributed by atoms with Gasteiger partial charge in [-0.2, -0.15) is 10.2 Å². The number of nitrogens with zero attached hydrogens (tertiary/aromatic N) is 3. The molecule has 13 nitrogen and oxygen atoms in total. The predicted octanol–water partition coefficient (Wildman–Crippen LogP) is 3.76. The highest BCUT2D eigenvalue weighted by Gasteiger charge is 2.22. The Morgan fingerprint density at radius 1 is 0.714 bits per heavy atom. The molecule has 2 N–H and O–H groups in total. The monoisotopic (exact) mass is 577 g/mol. The first kappa shape index (κ1) is 29.5. The van der Waals surface area contributed by atoms with Crippen LogP contribution < -0.4 is 44.1 Å². The van der Waals surface area contributed by atoms with Crippen molar-refractivity contribution in [2.24, 2.45) is 5.10 Å². The maximum atomic E-state index is 13.2. The molecule has 0 fully saturated rings. The standard InChI is InChI=1S/C29H31N5O8/c1-36-19-10-8-16(9-11-19)28-30-25(29(35)34-33-28)24(17-12-20(37-2)26(41-6)21(13-17)38-3)32-31-18-14-22(39-4)27(42-7)23(15-18)40-5/h8-15,31H,1-7H3,(H,34,35)/b32-24-. The molecule has 0 aliphatic rings. The van der Waals surface area contributed by atoms with Gasteiger partial charge in [-0.3, -0.25) is 10.2 Å². The van der Waals surface area contributed by atoms with Gasteiger partial charge in [0, 0.05) is 23.3 Å². The van der Waals surface area contributed by atoms with Gasteiger partial charge in [-0.15, -0.1) is 0 Å². The van der Waals surface area contributed by atoms with E-state index >= 15 is 0 Å². The summed E-state index contributed by atoms with van der Waals surface area (Å²) in [4.78, 5) is 17.8. The Morgan fingerprint density at radius 3 is 1.71 bits per heavy atom. The van der Waals surface area contributed by atoms with Crippen LogP contribution in [-0.2, 0) is 0 Å². The van der Waals surface area contributed by atoms with Gasteiger partial charge in [0.25, 0.3) is 5.56 Å². The lowest BCUT2D eigenvalue weighted by Crippen LogP contribution is -2.24. The van der Waals surface area contributed by atoms with Crippen LogP contribution in [0.5, 0.6) is 40.2 Å². The highest BCUT2D eigenvalue weighted by molar-refractivity contribution is 6.12. The lowest BCUT2D eigenvalue weighted by Gasteiger charge is -2.16. The van der Waals surface area contributed by atoms with Crippen molar-refractivity contribution in [2.75, 3.05) is 55.2 Å². The van der Waals surface area contributed by atoms with Crippen LogP contribution in [0.2, 0.25) is 0 Å². The number of ether oxygens (including phenoxy) is 7. The molecule has 3 aromatic carbocycles. The van der Waals surface area contributed by atoms with Crippen molar-refractivity contribution in [1.29, 1.82) is 0 Å². The molecule has 0 saturated carbocycles. The number of benzene rings is 3. The van der Waals surface area contributed by atoms with E-state index in [-0.39, 0.29) is 17.2 Å². The van der Waals surface area contributed by atoms with Crippen molar-refractivity contribution in [3.05, 3.63) is 70.1 Å². The number of nitrogens with one attached hydrogen (secondary N) is 2. The first-order valence-corrected chi connectivity index (χ1v) is 12.5. The fourth-order valence-corrected chi connectivity index (χ4v) is 4.11. The molecule has 4 aromatic rings. The Bertz CT molecular complexity index is 1590. The largest absolute Gasteiger partial charge is 0.497 e. The zero-order valence-electron chi connectivity index (χ0n) is 24.2. The molecule has 0 bridgehead atoms. The number of aromatic amines is 1. The molecule has 0 amide bonds. The summed E-state index contributed by atoms with van der Waals surface area (Å²) in [6.45, 7) is 0. The predicted molar refractivity (Wildman–Crippen MR) is 156 cm³/mol. The molecule has 1 heterocycles. The third-order valence-electron chi connectivity index (χ3n) is 6.17. The zero-order valence-corrected chi connectivity index (χ0v) is 24.2. The van der Waals surface area contributed by atoms with Crippen molar-refractivity contribution < 1.29 is 33.2 Å². The SMILES string of the molecule is COc1ccc(-c2n[nH]c(=O)c(/C(=N\Nc3cc(OC)c(OC)c(OC)c3)c3cc(OC)c(OC)c(OC)c3)n2)cc1. The molecule has 0 aliphatic carbocycles. The van der Waals surface area contributed by atoms with Gasteiger partial charge >= 0.3 is 0 Å². The van der Waals surface area contributed by atoms with Gasteiger partial charge in [0.1, 0.15) is 11.5 Å². The van der Waals surface area contributed by atoms with E-state index in [9.17, 15) is 4.79 Å². The summed E-state index contributed by atoms with van der Waals surface area (Å²) in [5.41, 5.74) is 4.10. The third-order valence-corrected chi connectivity index (χ3v) is 6.17. The van der Waals surface area contributed by atoms with Gasteiger partial charge < -0.3 is 33.2 Å². The summed E-state index contributed by atoms with van der Waals surface area (Å²) >= 11 is 0. The van der Waals surface area contributed by atoms with E-state index in [2.05, 4.69) is 25.7 Å². The van der Waals surface area contributed by atoms with Crippen LogP contribution in [0, 0.1) is 0 Å². The van der Waals surface area contributed by atoms with Crippen molar-refractivity contribution in [1.82, 2.24) is 15.2 Å². The van der Waals surface area contributed by atoms with Gasteiger partial charge in [0.05, 0.1) is 55.5 Å². The van der Waals surface area contributed by atoms with Crippen molar-refractivity contribution in [3.8, 4) is 51.6 Å². The first-order chi connectivity index (χ1) is 20.4. The molecule has 0 aliphatic heterocycles. The van der Waals surface area contributed by atoms with Gasteiger partial charge in [0.15, 0.2) is 34.5 Å². The number of hydrazone groups is 1. The van der Waals surface area contributed by atoms with E-state index in [0.717, 1.165) is 0 Å². The summed E-state index contributed by atoms with van der Waals surface area (Å²) in [5.74, 6) is 3.24. The molecule has 4 rings (SSSR count). The summed E-state index contributed by atoms with van der Waals surface area (Å²) in [5, 5.41) is 11.3. The molecule has 0 spiro atoms. The summed E-state index contributed by atoms with van der Waals surface area (Å²) < 4.78 is 38.1. The second-order valence-electron chi connectivity index (χ2n) is 8.47. The smallest absolute Gasteiger partial charge is 0.292 e. The average Bonchev–Trinajstić information content (AvgIpc) is 3.04. The number of hydrogen-bond acceptors (Lipinski definition) is 12. The Labute approximate surface area is 242 Å². The fraction of sp³-hybridized carbons (Fsp3) is 0.241. The average molecular weight is 578 g/mol. The Hall–Kier alpha value is -5.46. The van der Waals surface area contributed by atoms with E-state index in [1.807, 2.05) is 0 Å². The minimum atomic E-state index is -0.577. The maximum absolute atomic E-state index is 13.2. The number of H-pyrrole nitrogens is 1. The molecule has 0 radical (unpaired) electrons. The fourth-order valence-electron chi connectivity index (χ4n) is 4.11. The quantitative estimate of drug-likeness (QED) is 0.187. The van der Waals surface area contributed by atoms with E-state index in [1.54, 1.807) is 55.6 Å². The van der Waals surface area contributed by atoms with Crippen LogP contribution in [0.1, 0.15) is 11.3 Å². The summed E-state index contributed by atoms with van der Waals surface area (Å²) in [6.07, 6.45) is 0. The minimum Gasteiger partial charge on any atom is -0.497 e. The molecule has 0 saturated heterocycles. The molecule has 0 unspecified atom stereocenters. The van der Waals surface area contributed by atoms with Crippen molar-refractivity contribution >= 4 is 11.4 Å². The Morgan fingerprint density at radius 2 is 1.24 bits per heavy atom. The molecule has 1 aromatic heterocycles. The molecule has 0 atom stereocenters. The van der Waals surface area contributed by atoms with Crippen LogP contribution in [0.4, 0.5) is 5.69 Å². The highest BCUT2D eigenvalue weighted by Crippen LogP contribution is 2.41. The normalized spacial score (nSPS) is 11.0. The second-order valence-corrected chi connectivity index (χ2v) is 8.47. The Balaban J connectivity index is 1.92. The van der Waals surface area contributed by atoms with E-state index in [0.29, 0.717) is 57.1 Å². The molecular weight excluding hydrogens is 546 g/mol. The molecule has 220 valence electrons. The van der Waals surface area contributed by atoms with Gasteiger partial charge in [0.2, 0.25) is 11.5 Å². The van der Waals surface area contributed by atoms with E-state index < -0.39 is 5.56 Å². The zero-order chi connectivity index (χ0) is 30.2. The first-order valence-electron chi connectivity index (χ1n) is 12.5. The summed E-state index contributed by atoms with van der Waals surface area (Å²) in [7, 11) is 10.6. The van der Waals surface area contributed by atoms with Gasteiger partial charge in [-0.25, -0.2) is 10.1 Å². The minimum absolute atomic E-state index is 0.0231. The van der Waals surface area contributed by atoms with Crippen molar-refractivity contribution in [3.63, 3.8) is 0 Å². The maximum Gasteiger partial charge on any atom is 0.292 e. The van der Waals surface area contributed by atoms with Gasteiger partial charge in [-0.05, 0) is 36.4 Å². The molecular formula is C29H31N5O8. The van der Waals surface area contributed by atoms with Crippen LogP contribution in [0.3, 0.4) is 0 Å². The number of rotatable bonds is 12. The lowest BCUT2D eigenvalue weighted by atomic mass is 10.1. The third kappa shape index (κ3) is 5.99. The molecule has 42 heavy (non-hydrogen) atoms. The van der Waals surface area contributed by atoms with E-state index in [4.69, 9.17) is 33.2 Å². The summed E-state index contributed by atoms with van der Waals surface area (Å²) in [6, 6.07) is 13.8. The lowest BCUT2D eigenvalue weighted by molar-refractivity contribution is 0.324. The molecule has 13 heteroatoms. The van der Waals surface area contributed by atoms with Crippen LogP contribution in [0.15, 0.2) is 58.4 Å². The van der Waals surface area contributed by atoms with Crippen molar-refractivity contribution in [2.45, 2.75) is 0 Å². The number of anilines is 1. The van der Waals surface area contributed by atoms with E-state index in [1.165, 1.54) is 42.7 Å². The van der Waals surface area contributed by atoms with Crippen LogP contribution >= 0.6 is 0 Å². The van der Waals surface area contributed by atoms with Gasteiger partial charge in [-0.1, -0.05) is 0 Å². The van der Waals surface area contributed by atoms with Crippen LogP contribution in [0.25, 0.3) is 11.4 Å². The number of methoxy groups -OCH3 is 7. The second kappa shape index (κ2) is 13.3. The highest BCUT2D eigenvalue weighted by atomic mass is 16.5. The number of hydrogen-bond donors (Lipinski definition) is 2. The topological polar surface area (TPSA) is 148 Å². The number of aromatic nitrogens is 3.